The summed E-state index contributed by atoms with van der Waals surface area (Å²) in [6, 6.07) is 0. The van der Waals surface area contributed by atoms with Crippen LogP contribution in [0.15, 0.2) is 72.9 Å². The molecular formula is C49H82O6. The molecule has 0 bridgehead atoms. The van der Waals surface area contributed by atoms with Crippen LogP contribution in [0.4, 0.5) is 0 Å². The highest BCUT2D eigenvalue weighted by Crippen LogP contribution is 2.12. The Labute approximate surface area is 338 Å². The minimum atomic E-state index is -0.797. The standard InChI is InChI=1S/C49H82O6/c1-4-7-10-13-15-17-19-21-23-24-26-27-29-31-33-36-39-42-48(51)54-45-46(44-53-47(50)41-38-35-12-9-6-3)55-49(52)43-40-37-34-32-30-28-25-22-20-18-16-14-11-8-5-2/h7,10,15,17,21-23,25-27,31,33,46H,4-6,8-9,11-14,16,18-20,24,28-30,32,34-45H2,1-3H3/b10-7-,17-15-,23-21-,25-22-,27-26-,33-31-. The third kappa shape index (κ3) is 41.8. The molecule has 0 aliphatic heterocycles. The maximum Gasteiger partial charge on any atom is 0.306 e. The molecule has 0 aliphatic rings. The van der Waals surface area contributed by atoms with Crippen LogP contribution in [0.1, 0.15) is 201 Å². The van der Waals surface area contributed by atoms with Crippen molar-refractivity contribution < 1.29 is 28.6 Å². The van der Waals surface area contributed by atoms with Crippen molar-refractivity contribution in [1.29, 1.82) is 0 Å². The molecule has 0 N–H and O–H groups in total. The van der Waals surface area contributed by atoms with Gasteiger partial charge in [-0.3, -0.25) is 14.4 Å². The van der Waals surface area contributed by atoms with E-state index in [4.69, 9.17) is 14.2 Å². The quantitative estimate of drug-likeness (QED) is 0.0268. The van der Waals surface area contributed by atoms with Gasteiger partial charge in [0.2, 0.25) is 0 Å². The summed E-state index contributed by atoms with van der Waals surface area (Å²) in [5, 5.41) is 0. The Kier molecular flexibility index (Phi) is 41.1. The van der Waals surface area contributed by atoms with Crippen LogP contribution < -0.4 is 0 Å². The highest BCUT2D eigenvalue weighted by molar-refractivity contribution is 5.71. The number of rotatable bonds is 39. The van der Waals surface area contributed by atoms with E-state index >= 15 is 0 Å². The van der Waals surface area contributed by atoms with Crippen LogP contribution in [0.3, 0.4) is 0 Å². The molecule has 0 heterocycles. The fourth-order valence-corrected chi connectivity index (χ4v) is 5.82. The predicted octanol–water partition coefficient (Wildman–Crippen LogP) is 14.3. The number of esters is 3. The molecule has 1 atom stereocenters. The molecule has 6 heteroatoms. The zero-order valence-electron chi connectivity index (χ0n) is 35.7. The second kappa shape index (κ2) is 43.6. The molecule has 0 amide bonds. The lowest BCUT2D eigenvalue weighted by atomic mass is 10.1. The SMILES string of the molecule is CC/C=C\C/C=C\C/C=C\C/C=C\C/C=C\CCCC(=O)OCC(COC(=O)CCCCCCC)OC(=O)CCCCCCC/C=C\CCCCCCCC. The van der Waals surface area contributed by atoms with Gasteiger partial charge in [0.1, 0.15) is 13.2 Å². The summed E-state index contributed by atoms with van der Waals surface area (Å²) in [5.74, 6) is -0.987. The third-order valence-electron chi connectivity index (χ3n) is 9.20. The summed E-state index contributed by atoms with van der Waals surface area (Å²) >= 11 is 0. The first-order chi connectivity index (χ1) is 27.0. The third-order valence-corrected chi connectivity index (χ3v) is 9.20. The molecule has 0 aromatic carbocycles. The van der Waals surface area contributed by atoms with Crippen molar-refractivity contribution in [3.8, 4) is 0 Å². The maximum absolute atomic E-state index is 12.7. The summed E-state index contributed by atoms with van der Waals surface area (Å²) in [4.78, 5) is 37.5. The molecule has 1 unspecified atom stereocenters. The Morgan fingerprint density at radius 2 is 0.727 bits per heavy atom. The first-order valence-electron chi connectivity index (χ1n) is 22.4. The van der Waals surface area contributed by atoms with Crippen LogP contribution in [0.5, 0.6) is 0 Å². The molecule has 55 heavy (non-hydrogen) atoms. The van der Waals surface area contributed by atoms with Crippen molar-refractivity contribution in [1.82, 2.24) is 0 Å². The van der Waals surface area contributed by atoms with Crippen LogP contribution in [0, 0.1) is 0 Å². The van der Waals surface area contributed by atoms with Gasteiger partial charge in [0, 0.05) is 19.3 Å². The van der Waals surface area contributed by atoms with E-state index in [0.29, 0.717) is 19.3 Å². The fraction of sp³-hybridized carbons (Fsp3) is 0.694. The number of carbonyl (C=O) groups is 3. The van der Waals surface area contributed by atoms with E-state index < -0.39 is 6.10 Å². The van der Waals surface area contributed by atoms with Crippen LogP contribution in [-0.4, -0.2) is 37.2 Å². The number of ether oxygens (including phenoxy) is 3. The average molecular weight is 767 g/mol. The predicted molar refractivity (Wildman–Crippen MR) is 233 cm³/mol. The molecule has 6 nitrogen and oxygen atoms in total. The zero-order chi connectivity index (χ0) is 40.1. The van der Waals surface area contributed by atoms with Gasteiger partial charge in [0.05, 0.1) is 0 Å². The van der Waals surface area contributed by atoms with Gasteiger partial charge >= 0.3 is 17.9 Å². The molecule has 0 aliphatic carbocycles. The maximum atomic E-state index is 12.7. The Balaban J connectivity index is 4.35. The van der Waals surface area contributed by atoms with Gasteiger partial charge in [0.15, 0.2) is 6.10 Å². The number of carbonyl (C=O) groups excluding carboxylic acids is 3. The van der Waals surface area contributed by atoms with Crippen molar-refractivity contribution in [2.24, 2.45) is 0 Å². The topological polar surface area (TPSA) is 78.9 Å². The highest BCUT2D eigenvalue weighted by Gasteiger charge is 2.19. The van der Waals surface area contributed by atoms with Gasteiger partial charge in [-0.05, 0) is 83.5 Å². The number of unbranched alkanes of at least 4 members (excludes halogenated alkanes) is 16. The van der Waals surface area contributed by atoms with E-state index in [-0.39, 0.29) is 37.5 Å². The average Bonchev–Trinajstić information content (AvgIpc) is 3.18. The lowest BCUT2D eigenvalue weighted by molar-refractivity contribution is -0.167. The Hall–Kier alpha value is -3.15. The minimum Gasteiger partial charge on any atom is -0.462 e. The van der Waals surface area contributed by atoms with Crippen molar-refractivity contribution in [2.75, 3.05) is 13.2 Å². The van der Waals surface area contributed by atoms with E-state index in [1.807, 2.05) is 0 Å². The van der Waals surface area contributed by atoms with Crippen molar-refractivity contribution >= 4 is 17.9 Å². The number of hydrogen-bond acceptors (Lipinski definition) is 6. The molecule has 314 valence electrons. The Morgan fingerprint density at radius 1 is 0.382 bits per heavy atom. The summed E-state index contributed by atoms with van der Waals surface area (Å²) in [6.45, 7) is 6.35. The molecule has 0 aromatic rings. The summed E-state index contributed by atoms with van der Waals surface area (Å²) < 4.78 is 16.5. The highest BCUT2D eigenvalue weighted by atomic mass is 16.6. The first-order valence-corrected chi connectivity index (χ1v) is 22.4. The van der Waals surface area contributed by atoms with Crippen molar-refractivity contribution in [3.05, 3.63) is 72.9 Å². The lowest BCUT2D eigenvalue weighted by Gasteiger charge is -2.18. The summed E-state index contributed by atoms with van der Waals surface area (Å²) in [6.07, 6.45) is 53.5. The van der Waals surface area contributed by atoms with Crippen molar-refractivity contribution in [2.45, 2.75) is 207 Å². The summed E-state index contributed by atoms with van der Waals surface area (Å²) in [7, 11) is 0. The van der Waals surface area contributed by atoms with Gasteiger partial charge in [-0.25, -0.2) is 0 Å². The smallest absolute Gasteiger partial charge is 0.306 e. The molecule has 0 radical (unpaired) electrons. The first kappa shape index (κ1) is 51.9. The Morgan fingerprint density at radius 3 is 1.20 bits per heavy atom. The molecule has 0 spiro atoms. The van der Waals surface area contributed by atoms with Crippen LogP contribution >= 0.6 is 0 Å². The normalized spacial score (nSPS) is 12.7. The van der Waals surface area contributed by atoms with Crippen LogP contribution in [-0.2, 0) is 28.6 Å². The van der Waals surface area contributed by atoms with E-state index in [2.05, 4.69) is 93.7 Å². The summed E-state index contributed by atoms with van der Waals surface area (Å²) in [5.41, 5.74) is 0. The number of hydrogen-bond donors (Lipinski definition) is 0. The monoisotopic (exact) mass is 767 g/mol. The van der Waals surface area contributed by atoms with Crippen LogP contribution in [0.2, 0.25) is 0 Å². The molecule has 0 rings (SSSR count). The second-order valence-electron chi connectivity index (χ2n) is 14.6. The van der Waals surface area contributed by atoms with Gasteiger partial charge < -0.3 is 14.2 Å². The van der Waals surface area contributed by atoms with E-state index in [1.54, 1.807) is 0 Å². The molecule has 0 fully saturated rings. The largest absolute Gasteiger partial charge is 0.462 e. The van der Waals surface area contributed by atoms with Crippen molar-refractivity contribution in [3.63, 3.8) is 0 Å². The van der Waals surface area contributed by atoms with Gasteiger partial charge in [-0.1, -0.05) is 171 Å². The van der Waals surface area contributed by atoms with E-state index in [9.17, 15) is 14.4 Å². The van der Waals surface area contributed by atoms with Gasteiger partial charge in [-0.2, -0.15) is 0 Å². The minimum absolute atomic E-state index is 0.0980. The van der Waals surface area contributed by atoms with Crippen LogP contribution in [0.25, 0.3) is 0 Å². The van der Waals surface area contributed by atoms with Gasteiger partial charge in [-0.15, -0.1) is 0 Å². The zero-order valence-corrected chi connectivity index (χ0v) is 35.7. The second-order valence-corrected chi connectivity index (χ2v) is 14.6. The molecule has 0 aromatic heterocycles. The number of allylic oxidation sites excluding steroid dienone is 12. The fourth-order valence-electron chi connectivity index (χ4n) is 5.82. The van der Waals surface area contributed by atoms with E-state index in [0.717, 1.165) is 103 Å². The Bertz CT molecular complexity index is 1070. The molecule has 0 saturated carbocycles. The van der Waals surface area contributed by atoms with E-state index in [1.165, 1.54) is 51.4 Å². The molecule has 0 saturated heterocycles. The van der Waals surface area contributed by atoms with Gasteiger partial charge in [0.25, 0.3) is 0 Å². The molecular weight excluding hydrogens is 685 g/mol. The lowest BCUT2D eigenvalue weighted by Crippen LogP contribution is -2.30.